The number of carbonyl (C=O) groups is 3. The number of aromatic nitrogens is 1. The van der Waals surface area contributed by atoms with Gasteiger partial charge in [-0.05, 0) is 42.9 Å². The second kappa shape index (κ2) is 14.2. The zero-order valence-electron chi connectivity index (χ0n) is 23.6. The van der Waals surface area contributed by atoms with Gasteiger partial charge < -0.3 is 15.5 Å². The van der Waals surface area contributed by atoms with Crippen LogP contribution in [0.4, 0.5) is 5.13 Å². The van der Waals surface area contributed by atoms with E-state index in [-0.39, 0.29) is 42.6 Å². The molecule has 0 bridgehead atoms. The fourth-order valence-corrected chi connectivity index (χ4v) is 5.67. The van der Waals surface area contributed by atoms with Gasteiger partial charge in [-0.1, -0.05) is 62.4 Å². The van der Waals surface area contributed by atoms with E-state index in [4.69, 9.17) is 0 Å². The Morgan fingerprint density at radius 3 is 2.42 bits per heavy atom. The molecule has 2 N–H and O–H groups in total. The molecule has 2 aromatic carbocycles. The number of nitrogens with one attached hydrogen (secondary N) is 2. The smallest absolute Gasteiger partial charge is 0.254 e. The molecule has 0 unspecified atom stereocenters. The van der Waals surface area contributed by atoms with Gasteiger partial charge in [0.2, 0.25) is 11.8 Å². The van der Waals surface area contributed by atoms with E-state index < -0.39 is 0 Å². The number of rotatable bonds is 11. The van der Waals surface area contributed by atoms with Crippen LogP contribution in [0.1, 0.15) is 53.9 Å². The summed E-state index contributed by atoms with van der Waals surface area (Å²) >= 11 is 1.28. The zero-order chi connectivity index (χ0) is 28.5. The molecule has 0 spiro atoms. The Bertz CT molecular complexity index is 1280. The predicted octanol–water partition coefficient (Wildman–Crippen LogP) is 4.51. The van der Waals surface area contributed by atoms with Crippen molar-refractivity contribution < 1.29 is 14.4 Å². The summed E-state index contributed by atoms with van der Waals surface area (Å²) in [5, 5.41) is 8.17. The van der Waals surface area contributed by atoms with Gasteiger partial charge in [0.15, 0.2) is 5.13 Å². The molecule has 0 aliphatic carbocycles. The molecular weight excluding hydrogens is 522 g/mol. The topological polar surface area (TPSA) is 94.6 Å². The van der Waals surface area contributed by atoms with Crippen molar-refractivity contribution >= 4 is 34.2 Å². The van der Waals surface area contributed by atoms with Crippen molar-refractivity contribution in [1.82, 2.24) is 20.1 Å². The van der Waals surface area contributed by atoms with Crippen LogP contribution in [0.25, 0.3) is 0 Å². The van der Waals surface area contributed by atoms with Gasteiger partial charge in [-0.3, -0.25) is 19.3 Å². The van der Waals surface area contributed by atoms with Crippen LogP contribution in [0.5, 0.6) is 0 Å². The highest BCUT2D eigenvalue weighted by Crippen LogP contribution is 2.18. The van der Waals surface area contributed by atoms with E-state index in [9.17, 15) is 14.4 Å². The molecule has 1 aliphatic heterocycles. The van der Waals surface area contributed by atoms with Crippen molar-refractivity contribution in [1.29, 1.82) is 0 Å². The van der Waals surface area contributed by atoms with Crippen LogP contribution in [0, 0.1) is 12.8 Å². The molecule has 1 fully saturated rings. The molecule has 4 rings (SSSR count). The van der Waals surface area contributed by atoms with E-state index in [0.717, 1.165) is 38.0 Å². The summed E-state index contributed by atoms with van der Waals surface area (Å²) in [6, 6.07) is 18.0. The first kappa shape index (κ1) is 29.4. The molecule has 2 heterocycles. The maximum atomic E-state index is 13.2. The third-order valence-corrected chi connectivity index (χ3v) is 7.73. The first-order chi connectivity index (χ1) is 19.3. The number of thiazole rings is 1. The molecule has 1 aliphatic rings. The largest absolute Gasteiger partial charge is 0.353 e. The molecule has 3 aromatic rings. The van der Waals surface area contributed by atoms with Gasteiger partial charge >= 0.3 is 0 Å². The summed E-state index contributed by atoms with van der Waals surface area (Å²) < 4.78 is 0. The van der Waals surface area contributed by atoms with Crippen LogP contribution in [-0.4, -0.2) is 64.7 Å². The Morgan fingerprint density at radius 1 is 1.02 bits per heavy atom. The number of benzene rings is 2. The van der Waals surface area contributed by atoms with Gasteiger partial charge in [-0.25, -0.2) is 4.98 Å². The second-order valence-corrected chi connectivity index (χ2v) is 11.7. The van der Waals surface area contributed by atoms with Gasteiger partial charge in [0, 0.05) is 43.2 Å². The molecule has 0 atom stereocenters. The maximum absolute atomic E-state index is 13.2. The van der Waals surface area contributed by atoms with Crippen LogP contribution in [-0.2, 0) is 22.6 Å². The van der Waals surface area contributed by atoms with Crippen LogP contribution in [0.15, 0.2) is 60.0 Å². The van der Waals surface area contributed by atoms with E-state index in [1.165, 1.54) is 16.9 Å². The minimum atomic E-state index is -0.310. The minimum absolute atomic E-state index is 0.0587. The van der Waals surface area contributed by atoms with Crippen molar-refractivity contribution in [3.8, 4) is 0 Å². The first-order valence-electron chi connectivity index (χ1n) is 13.9. The molecule has 1 aromatic heterocycles. The number of piperidine rings is 1. The Kier molecular flexibility index (Phi) is 10.4. The molecule has 1 saturated heterocycles. The lowest BCUT2D eigenvalue weighted by atomic mass is 10.0. The number of aryl methyl sites for hydroxylation is 1. The Labute approximate surface area is 240 Å². The quantitative estimate of drug-likeness (QED) is 0.359. The van der Waals surface area contributed by atoms with Crippen LogP contribution >= 0.6 is 11.3 Å². The maximum Gasteiger partial charge on any atom is 0.254 e. The number of nitrogens with zero attached hydrogens (tertiary/aromatic N) is 3. The number of amides is 3. The molecule has 0 saturated carbocycles. The summed E-state index contributed by atoms with van der Waals surface area (Å²) in [5.41, 5.74) is 3.40. The SMILES string of the molecule is Cc1ccccc1C(=O)N(CC(=O)Nc1nc(CC(=O)NC2CCN(Cc3ccccc3)CC2)cs1)CC(C)C. The van der Waals surface area contributed by atoms with Gasteiger partial charge in [0.25, 0.3) is 5.91 Å². The third-order valence-electron chi connectivity index (χ3n) is 6.92. The van der Waals surface area contributed by atoms with E-state index in [1.54, 1.807) is 16.3 Å². The van der Waals surface area contributed by atoms with E-state index in [2.05, 4.69) is 44.8 Å². The standard InChI is InChI=1S/C31H39N5O3S/c1-22(2)18-36(30(39)27-12-8-7-9-23(27)3)20-29(38)34-31-33-26(21-40-31)17-28(37)32-25-13-15-35(16-14-25)19-24-10-5-4-6-11-24/h4-12,21-22,25H,13-20H2,1-3H3,(H,32,37)(H,33,34,38). The predicted molar refractivity (Wildman–Crippen MR) is 159 cm³/mol. The van der Waals surface area contributed by atoms with Gasteiger partial charge in [0.05, 0.1) is 12.1 Å². The molecular formula is C31H39N5O3S. The lowest BCUT2D eigenvalue weighted by molar-refractivity contribution is -0.121. The third kappa shape index (κ3) is 8.72. The summed E-state index contributed by atoms with van der Waals surface area (Å²) in [7, 11) is 0. The molecule has 3 amide bonds. The number of hydrogen-bond acceptors (Lipinski definition) is 6. The van der Waals surface area contributed by atoms with Crippen molar-refractivity contribution in [2.45, 2.75) is 52.6 Å². The minimum Gasteiger partial charge on any atom is -0.353 e. The number of likely N-dealkylation sites (tertiary alicyclic amines) is 1. The zero-order valence-corrected chi connectivity index (χ0v) is 24.4. The number of hydrogen-bond donors (Lipinski definition) is 2. The van der Waals surface area contributed by atoms with Crippen molar-refractivity contribution in [2.24, 2.45) is 5.92 Å². The van der Waals surface area contributed by atoms with E-state index in [1.807, 2.05) is 45.0 Å². The Morgan fingerprint density at radius 2 is 1.73 bits per heavy atom. The fourth-order valence-electron chi connectivity index (χ4n) is 4.94. The summed E-state index contributed by atoms with van der Waals surface area (Å²) in [5.74, 6) is -0.321. The van der Waals surface area contributed by atoms with Crippen LogP contribution in [0.3, 0.4) is 0 Å². The Hall–Kier alpha value is -3.56. The van der Waals surface area contributed by atoms with Crippen LogP contribution in [0.2, 0.25) is 0 Å². The Balaban J connectivity index is 1.23. The highest BCUT2D eigenvalue weighted by molar-refractivity contribution is 7.13. The molecule has 9 heteroatoms. The number of carbonyl (C=O) groups excluding carboxylic acids is 3. The van der Waals surface area contributed by atoms with Crippen molar-refractivity contribution in [3.05, 3.63) is 82.4 Å². The first-order valence-corrected chi connectivity index (χ1v) is 14.8. The van der Waals surface area contributed by atoms with E-state index in [0.29, 0.717) is 22.9 Å². The molecule has 0 radical (unpaired) electrons. The van der Waals surface area contributed by atoms with Gasteiger partial charge in [-0.2, -0.15) is 0 Å². The number of anilines is 1. The summed E-state index contributed by atoms with van der Waals surface area (Å²) in [4.78, 5) is 47.1. The van der Waals surface area contributed by atoms with Gasteiger partial charge in [-0.15, -0.1) is 11.3 Å². The lowest BCUT2D eigenvalue weighted by Crippen LogP contribution is -2.44. The highest BCUT2D eigenvalue weighted by Gasteiger charge is 2.23. The molecule has 212 valence electrons. The van der Waals surface area contributed by atoms with Crippen molar-refractivity contribution in [2.75, 3.05) is 31.5 Å². The second-order valence-electron chi connectivity index (χ2n) is 10.9. The van der Waals surface area contributed by atoms with Crippen molar-refractivity contribution in [3.63, 3.8) is 0 Å². The normalized spacial score (nSPS) is 14.2. The van der Waals surface area contributed by atoms with E-state index >= 15 is 0 Å². The van der Waals surface area contributed by atoms with Gasteiger partial charge in [0.1, 0.15) is 6.54 Å². The average molecular weight is 562 g/mol. The molecule has 40 heavy (non-hydrogen) atoms. The summed E-state index contributed by atoms with van der Waals surface area (Å²) in [6.45, 7) is 9.16. The summed E-state index contributed by atoms with van der Waals surface area (Å²) in [6.07, 6.45) is 2.01. The van der Waals surface area contributed by atoms with Crippen LogP contribution < -0.4 is 10.6 Å². The lowest BCUT2D eigenvalue weighted by Gasteiger charge is -2.32. The monoisotopic (exact) mass is 561 g/mol. The fraction of sp³-hybridized carbons (Fsp3) is 0.419. The molecule has 8 nitrogen and oxygen atoms in total. The highest BCUT2D eigenvalue weighted by atomic mass is 32.1. The average Bonchev–Trinajstić information content (AvgIpc) is 3.35.